The number of esters is 1. The van der Waals surface area contributed by atoms with Crippen LogP contribution in [0.25, 0.3) is 0 Å². The van der Waals surface area contributed by atoms with Gasteiger partial charge >= 0.3 is 5.97 Å². The average Bonchev–Trinajstić information content (AvgIpc) is 2.78. The third-order valence-electron chi connectivity index (χ3n) is 4.74. The van der Waals surface area contributed by atoms with Crippen molar-refractivity contribution in [3.8, 4) is 11.5 Å². The van der Waals surface area contributed by atoms with E-state index in [1.807, 2.05) is 0 Å². The van der Waals surface area contributed by atoms with Gasteiger partial charge in [0.25, 0.3) is 0 Å². The molecule has 2 rings (SSSR count). The minimum Gasteiger partial charge on any atom is -0.497 e. The van der Waals surface area contributed by atoms with E-state index in [4.69, 9.17) is 14.2 Å². The van der Waals surface area contributed by atoms with Gasteiger partial charge in [-0.15, -0.1) is 0 Å². The molecule has 0 bridgehead atoms. The normalized spacial score (nSPS) is 12.3. The van der Waals surface area contributed by atoms with E-state index in [-0.39, 0.29) is 16.0 Å². The number of benzene rings is 2. The first-order valence-corrected chi connectivity index (χ1v) is 11.2. The van der Waals surface area contributed by atoms with Crippen LogP contribution in [0.4, 0.5) is 0 Å². The van der Waals surface area contributed by atoms with E-state index in [9.17, 15) is 18.0 Å². The third kappa shape index (κ3) is 5.42. The van der Waals surface area contributed by atoms with Crippen LogP contribution in [0.1, 0.15) is 41.5 Å². The van der Waals surface area contributed by atoms with E-state index in [2.05, 4.69) is 0 Å². The predicted octanol–water partition coefficient (Wildman–Crippen LogP) is 3.16. The summed E-state index contributed by atoms with van der Waals surface area (Å²) in [5, 5.41) is 0. The van der Waals surface area contributed by atoms with E-state index in [0.29, 0.717) is 24.6 Å². The average molecular weight is 450 g/mol. The van der Waals surface area contributed by atoms with Crippen LogP contribution in [0.5, 0.6) is 11.5 Å². The molecule has 0 saturated heterocycles. The highest BCUT2D eigenvalue weighted by Gasteiger charge is 2.26. The Hall–Kier alpha value is -2.91. The molecule has 0 aromatic heterocycles. The van der Waals surface area contributed by atoms with Crippen molar-refractivity contribution in [2.24, 2.45) is 0 Å². The number of nitrogens with zero attached hydrogens (tertiary/aromatic N) is 1. The molecule has 0 fully saturated rings. The van der Waals surface area contributed by atoms with Crippen LogP contribution in [0, 0.1) is 0 Å². The van der Waals surface area contributed by atoms with E-state index in [0.717, 1.165) is 0 Å². The number of hydrogen-bond acceptors (Lipinski definition) is 7. The van der Waals surface area contributed by atoms with Crippen LogP contribution in [0.3, 0.4) is 0 Å². The van der Waals surface area contributed by atoms with Crippen molar-refractivity contribution < 1.29 is 32.2 Å². The van der Waals surface area contributed by atoms with Gasteiger partial charge in [0.2, 0.25) is 15.8 Å². The largest absolute Gasteiger partial charge is 0.497 e. The molecule has 1 atom stereocenters. The first kappa shape index (κ1) is 24.4. The molecule has 168 valence electrons. The van der Waals surface area contributed by atoms with Gasteiger partial charge in [-0.05, 0) is 37.3 Å². The van der Waals surface area contributed by atoms with Crippen LogP contribution >= 0.6 is 0 Å². The van der Waals surface area contributed by atoms with E-state index in [1.54, 1.807) is 26.0 Å². The van der Waals surface area contributed by atoms with Crippen LogP contribution in [0.2, 0.25) is 0 Å². The number of methoxy groups -OCH3 is 2. The molecule has 0 heterocycles. The number of hydrogen-bond donors (Lipinski definition) is 0. The van der Waals surface area contributed by atoms with Gasteiger partial charge in [-0.25, -0.2) is 13.2 Å². The molecule has 0 amide bonds. The van der Waals surface area contributed by atoms with Crippen LogP contribution < -0.4 is 9.47 Å². The Bertz CT molecular complexity index is 1050. The van der Waals surface area contributed by atoms with Gasteiger partial charge in [0, 0.05) is 19.2 Å². The molecule has 2 aromatic rings. The molecule has 0 N–H and O–H groups in total. The fourth-order valence-electron chi connectivity index (χ4n) is 3.00. The standard InChI is InChI=1S/C22H27NO7S/c1-6-23(7-2)31(26,27)18-10-8-9-16(13-18)22(25)30-15(3)21(24)19-12-11-17(28-4)14-20(19)29-5/h8-15H,6-7H2,1-5H3/t15-/m0/s1. The number of carbonyl (C=O) groups is 2. The summed E-state index contributed by atoms with van der Waals surface area (Å²) in [6.07, 6.45) is -1.11. The molecule has 0 aliphatic heterocycles. The number of sulfonamides is 1. The second kappa shape index (κ2) is 10.4. The maximum absolute atomic E-state index is 12.8. The van der Waals surface area contributed by atoms with Gasteiger partial charge in [0.1, 0.15) is 11.5 Å². The highest BCUT2D eigenvalue weighted by atomic mass is 32.2. The maximum Gasteiger partial charge on any atom is 0.338 e. The topological polar surface area (TPSA) is 99.2 Å². The number of Topliss-reactive ketones (excluding diaryl/α,β-unsaturated/α-hetero) is 1. The fourth-order valence-corrected chi connectivity index (χ4v) is 4.50. The van der Waals surface area contributed by atoms with Gasteiger partial charge < -0.3 is 14.2 Å². The third-order valence-corrected chi connectivity index (χ3v) is 6.79. The van der Waals surface area contributed by atoms with E-state index >= 15 is 0 Å². The Balaban J connectivity index is 2.23. The quantitative estimate of drug-likeness (QED) is 0.406. The summed E-state index contributed by atoms with van der Waals surface area (Å²) in [4.78, 5) is 25.4. The zero-order valence-electron chi connectivity index (χ0n) is 18.2. The van der Waals surface area contributed by atoms with Gasteiger partial charge in [0.05, 0.1) is 30.2 Å². The number of carbonyl (C=O) groups excluding carboxylic acids is 2. The molecular formula is C22H27NO7S. The highest BCUT2D eigenvalue weighted by molar-refractivity contribution is 7.89. The summed E-state index contributed by atoms with van der Waals surface area (Å²) in [5.41, 5.74) is 0.274. The Morgan fingerprint density at radius 3 is 2.26 bits per heavy atom. The minimum absolute atomic E-state index is 0.0125. The van der Waals surface area contributed by atoms with Gasteiger partial charge in [-0.1, -0.05) is 19.9 Å². The minimum atomic E-state index is -3.73. The molecule has 9 heteroatoms. The maximum atomic E-state index is 12.8. The lowest BCUT2D eigenvalue weighted by Gasteiger charge is -2.19. The van der Waals surface area contributed by atoms with Crippen molar-refractivity contribution in [2.75, 3.05) is 27.3 Å². The van der Waals surface area contributed by atoms with E-state index in [1.165, 1.54) is 55.8 Å². The molecule has 0 aliphatic carbocycles. The first-order valence-electron chi connectivity index (χ1n) is 9.76. The lowest BCUT2D eigenvalue weighted by molar-refractivity contribution is 0.0317. The zero-order valence-corrected chi connectivity index (χ0v) is 19.1. The van der Waals surface area contributed by atoms with Gasteiger partial charge in [-0.3, -0.25) is 4.79 Å². The fraction of sp³-hybridized carbons (Fsp3) is 0.364. The number of rotatable bonds is 10. The van der Waals surface area contributed by atoms with Crippen LogP contribution in [-0.2, 0) is 14.8 Å². The van der Waals surface area contributed by atoms with Crippen LogP contribution in [-0.4, -0.2) is 57.9 Å². The zero-order chi connectivity index (χ0) is 23.2. The Morgan fingerprint density at radius 1 is 1.00 bits per heavy atom. The molecule has 0 spiro atoms. The SMILES string of the molecule is CCN(CC)S(=O)(=O)c1cccc(C(=O)O[C@@H](C)C(=O)c2ccc(OC)cc2OC)c1. The van der Waals surface area contributed by atoms with Crippen LogP contribution in [0.15, 0.2) is 47.4 Å². The number of ketones is 1. The Kier molecular flexibility index (Phi) is 8.18. The predicted molar refractivity (Wildman–Crippen MR) is 115 cm³/mol. The van der Waals surface area contributed by atoms with Crippen molar-refractivity contribution >= 4 is 21.8 Å². The summed E-state index contributed by atoms with van der Waals surface area (Å²) in [6.45, 7) is 5.53. The van der Waals surface area contributed by atoms with E-state index < -0.39 is 27.9 Å². The number of ether oxygens (including phenoxy) is 3. The Morgan fingerprint density at radius 2 is 1.68 bits per heavy atom. The summed E-state index contributed by atoms with van der Waals surface area (Å²) < 4.78 is 42.4. The highest BCUT2D eigenvalue weighted by Crippen LogP contribution is 2.26. The lowest BCUT2D eigenvalue weighted by atomic mass is 10.1. The molecule has 8 nitrogen and oxygen atoms in total. The molecule has 2 aromatic carbocycles. The monoisotopic (exact) mass is 449 g/mol. The molecule has 0 unspecified atom stereocenters. The van der Waals surface area contributed by atoms with Crippen molar-refractivity contribution in [3.63, 3.8) is 0 Å². The van der Waals surface area contributed by atoms with Gasteiger partial charge in [0.15, 0.2) is 6.10 Å². The molecule has 31 heavy (non-hydrogen) atoms. The van der Waals surface area contributed by atoms with Crippen molar-refractivity contribution in [2.45, 2.75) is 31.8 Å². The lowest BCUT2D eigenvalue weighted by Crippen LogP contribution is -2.30. The van der Waals surface area contributed by atoms with Gasteiger partial charge in [-0.2, -0.15) is 4.31 Å². The van der Waals surface area contributed by atoms with Crippen molar-refractivity contribution in [1.29, 1.82) is 0 Å². The second-order valence-electron chi connectivity index (χ2n) is 6.60. The summed E-state index contributed by atoms with van der Waals surface area (Å²) in [6, 6.07) is 10.3. The molecule has 0 saturated carbocycles. The Labute approximate surface area is 182 Å². The molecular weight excluding hydrogens is 422 g/mol. The first-order chi connectivity index (χ1) is 14.7. The summed E-state index contributed by atoms with van der Waals surface area (Å²) in [5.74, 6) is -0.450. The molecule has 0 aliphatic rings. The summed E-state index contributed by atoms with van der Waals surface area (Å²) >= 11 is 0. The summed E-state index contributed by atoms with van der Waals surface area (Å²) in [7, 11) is -0.814. The van der Waals surface area contributed by atoms with Crippen molar-refractivity contribution in [1.82, 2.24) is 4.31 Å². The smallest absolute Gasteiger partial charge is 0.338 e. The second-order valence-corrected chi connectivity index (χ2v) is 8.53. The molecule has 0 radical (unpaired) electrons. The van der Waals surface area contributed by atoms with Crippen molar-refractivity contribution in [3.05, 3.63) is 53.6 Å².